The Kier molecular flexibility index (Phi) is 6.59. The van der Waals surface area contributed by atoms with Crippen LogP contribution in [0.5, 0.6) is 0 Å². The van der Waals surface area contributed by atoms with Crippen LogP contribution >= 0.6 is 0 Å². The number of carbonyl (C=O) groups is 3. The SMILES string of the molecule is CCCC(=O)OC1C(C)[C@@]2(O)C(C=C(CO)C[C@]3(O)C(=O)C(C)=CC23)C2C(C)(C)[C@]12OC(=O)CCC. The molecule has 0 spiro atoms. The minimum atomic E-state index is -1.92. The van der Waals surface area contributed by atoms with Gasteiger partial charge in [0.15, 0.2) is 11.4 Å². The predicted octanol–water partition coefficient (Wildman–Crippen LogP) is 2.63. The van der Waals surface area contributed by atoms with E-state index in [0.29, 0.717) is 24.0 Å². The van der Waals surface area contributed by atoms with Crippen molar-refractivity contribution in [3.05, 3.63) is 23.3 Å². The van der Waals surface area contributed by atoms with Crippen LogP contribution in [0.25, 0.3) is 0 Å². The van der Waals surface area contributed by atoms with Crippen molar-refractivity contribution in [1.29, 1.82) is 0 Å². The van der Waals surface area contributed by atoms with Gasteiger partial charge in [0, 0.05) is 48.3 Å². The van der Waals surface area contributed by atoms with Crippen LogP contribution in [0.1, 0.15) is 73.6 Å². The number of hydrogen-bond donors (Lipinski definition) is 3. The maximum Gasteiger partial charge on any atom is 0.306 e. The van der Waals surface area contributed by atoms with Crippen LogP contribution in [0.2, 0.25) is 0 Å². The number of carbonyl (C=O) groups excluding carboxylic acids is 3. The normalized spacial score (nSPS) is 42.2. The molecule has 8 nitrogen and oxygen atoms in total. The number of aliphatic hydroxyl groups excluding tert-OH is 1. The number of ketones is 1. The summed E-state index contributed by atoms with van der Waals surface area (Å²) in [5.74, 6) is -4.22. The first-order valence-corrected chi connectivity index (χ1v) is 13.2. The summed E-state index contributed by atoms with van der Waals surface area (Å²) in [5.41, 5.74) is -4.69. The van der Waals surface area contributed by atoms with Crippen molar-refractivity contribution in [2.75, 3.05) is 6.61 Å². The third-order valence-corrected chi connectivity index (χ3v) is 9.41. The summed E-state index contributed by atoms with van der Waals surface area (Å²) in [6.45, 7) is 10.6. The summed E-state index contributed by atoms with van der Waals surface area (Å²) in [6.07, 6.45) is 3.85. The van der Waals surface area contributed by atoms with Crippen molar-refractivity contribution in [3.63, 3.8) is 0 Å². The van der Waals surface area contributed by atoms with Crippen molar-refractivity contribution < 1.29 is 39.2 Å². The minimum Gasteiger partial charge on any atom is -0.458 e. The van der Waals surface area contributed by atoms with Crippen molar-refractivity contribution in [3.8, 4) is 0 Å². The highest BCUT2D eigenvalue weighted by atomic mass is 16.6. The van der Waals surface area contributed by atoms with E-state index in [2.05, 4.69) is 0 Å². The Balaban J connectivity index is 1.92. The van der Waals surface area contributed by atoms with Gasteiger partial charge >= 0.3 is 11.9 Å². The van der Waals surface area contributed by atoms with E-state index in [9.17, 15) is 29.7 Å². The Bertz CT molecular complexity index is 1030. The molecule has 8 heteroatoms. The lowest BCUT2D eigenvalue weighted by molar-refractivity contribution is -0.229. The summed E-state index contributed by atoms with van der Waals surface area (Å²) in [6, 6.07) is 0. The maximum absolute atomic E-state index is 13.2. The molecule has 200 valence electrons. The largest absolute Gasteiger partial charge is 0.458 e. The predicted molar refractivity (Wildman–Crippen MR) is 130 cm³/mol. The Hall–Kier alpha value is -2.03. The monoisotopic (exact) mass is 504 g/mol. The van der Waals surface area contributed by atoms with E-state index in [1.165, 1.54) is 0 Å². The molecule has 4 rings (SSSR count). The van der Waals surface area contributed by atoms with E-state index < -0.39 is 69.7 Å². The third kappa shape index (κ3) is 3.40. The van der Waals surface area contributed by atoms with Gasteiger partial charge in [-0.25, -0.2) is 0 Å². The van der Waals surface area contributed by atoms with Crippen molar-refractivity contribution >= 4 is 17.7 Å². The van der Waals surface area contributed by atoms with E-state index in [4.69, 9.17) is 9.47 Å². The fourth-order valence-electron chi connectivity index (χ4n) is 7.67. The maximum atomic E-state index is 13.2. The summed E-state index contributed by atoms with van der Waals surface area (Å²) in [4.78, 5) is 38.8. The van der Waals surface area contributed by atoms with Crippen LogP contribution < -0.4 is 0 Å². The molecule has 3 N–H and O–H groups in total. The summed E-state index contributed by atoms with van der Waals surface area (Å²) >= 11 is 0. The summed E-state index contributed by atoms with van der Waals surface area (Å²) < 4.78 is 12.2. The van der Waals surface area contributed by atoms with Gasteiger partial charge in [-0.15, -0.1) is 0 Å². The van der Waals surface area contributed by atoms with Gasteiger partial charge in [-0.05, 0) is 30.9 Å². The quantitative estimate of drug-likeness (QED) is 0.356. The first kappa shape index (κ1) is 27.0. The number of rotatable bonds is 7. The first-order chi connectivity index (χ1) is 16.8. The van der Waals surface area contributed by atoms with E-state index >= 15 is 0 Å². The van der Waals surface area contributed by atoms with Crippen LogP contribution in [0.3, 0.4) is 0 Å². The average molecular weight is 505 g/mol. The molecule has 0 amide bonds. The number of hydrogen-bond acceptors (Lipinski definition) is 8. The number of esters is 2. The fraction of sp³-hybridized carbons (Fsp3) is 0.750. The molecule has 2 fully saturated rings. The van der Waals surface area contributed by atoms with E-state index in [1.807, 2.05) is 27.7 Å². The van der Waals surface area contributed by atoms with Gasteiger partial charge in [-0.2, -0.15) is 0 Å². The van der Waals surface area contributed by atoms with Crippen LogP contribution in [0.4, 0.5) is 0 Å². The number of fused-ring (bicyclic) bond motifs is 5. The number of Topliss-reactive ketones (excluding diaryl/α,β-unsaturated/α-hetero) is 1. The Morgan fingerprint density at radius 3 is 2.28 bits per heavy atom. The number of aliphatic hydroxyl groups is 3. The second kappa shape index (κ2) is 8.77. The molecule has 4 aliphatic carbocycles. The van der Waals surface area contributed by atoms with E-state index in [-0.39, 0.29) is 25.9 Å². The van der Waals surface area contributed by atoms with Gasteiger partial charge in [0.1, 0.15) is 11.7 Å². The van der Waals surface area contributed by atoms with Crippen LogP contribution in [0.15, 0.2) is 23.3 Å². The Morgan fingerprint density at radius 2 is 1.69 bits per heavy atom. The zero-order valence-corrected chi connectivity index (χ0v) is 22.2. The topological polar surface area (TPSA) is 130 Å². The lowest BCUT2D eigenvalue weighted by Gasteiger charge is -2.53. The molecule has 4 aliphatic rings. The van der Waals surface area contributed by atoms with Crippen LogP contribution in [-0.2, 0) is 23.9 Å². The Morgan fingerprint density at radius 1 is 1.08 bits per heavy atom. The molecule has 0 bridgehead atoms. The lowest BCUT2D eigenvalue weighted by Crippen LogP contribution is -2.66. The van der Waals surface area contributed by atoms with Gasteiger partial charge in [0.05, 0.1) is 12.2 Å². The molecule has 0 saturated heterocycles. The van der Waals surface area contributed by atoms with Gasteiger partial charge < -0.3 is 24.8 Å². The smallest absolute Gasteiger partial charge is 0.306 e. The average Bonchev–Trinajstić information content (AvgIpc) is 3.23. The van der Waals surface area contributed by atoms with Gasteiger partial charge in [-0.3, -0.25) is 14.4 Å². The molecule has 5 unspecified atom stereocenters. The summed E-state index contributed by atoms with van der Waals surface area (Å²) in [5, 5.41) is 34.5. The van der Waals surface area contributed by atoms with Gasteiger partial charge in [0.25, 0.3) is 0 Å². The van der Waals surface area contributed by atoms with Crippen LogP contribution in [-0.4, -0.2) is 62.6 Å². The lowest BCUT2D eigenvalue weighted by atomic mass is 9.59. The first-order valence-electron chi connectivity index (χ1n) is 13.2. The van der Waals surface area contributed by atoms with Crippen molar-refractivity contribution in [1.82, 2.24) is 0 Å². The molecule has 0 aromatic carbocycles. The highest BCUT2D eigenvalue weighted by Gasteiger charge is 2.87. The zero-order chi connectivity index (χ0) is 26.8. The molecule has 0 radical (unpaired) electrons. The fourth-order valence-corrected chi connectivity index (χ4v) is 7.67. The molecular formula is C28H40O8. The molecule has 0 aromatic rings. The van der Waals surface area contributed by atoms with E-state index in [1.54, 1.807) is 26.0 Å². The zero-order valence-electron chi connectivity index (χ0n) is 22.2. The highest BCUT2D eigenvalue weighted by Crippen LogP contribution is 2.77. The summed E-state index contributed by atoms with van der Waals surface area (Å²) in [7, 11) is 0. The van der Waals surface area contributed by atoms with Gasteiger partial charge in [-0.1, -0.05) is 46.8 Å². The second-order valence-corrected chi connectivity index (χ2v) is 11.8. The highest BCUT2D eigenvalue weighted by molar-refractivity contribution is 6.04. The van der Waals surface area contributed by atoms with Crippen molar-refractivity contribution in [2.24, 2.45) is 29.1 Å². The van der Waals surface area contributed by atoms with Crippen LogP contribution in [0, 0.1) is 29.1 Å². The van der Waals surface area contributed by atoms with E-state index in [0.717, 1.165) is 0 Å². The van der Waals surface area contributed by atoms with Gasteiger partial charge in [0.2, 0.25) is 0 Å². The molecule has 0 aromatic heterocycles. The minimum absolute atomic E-state index is 0.109. The standard InChI is InChI=1S/C28H40O8/c1-7-9-20(30)35-24-16(4)27(34)18(22-25(5,6)28(22,24)36-21(31)10-8-2)12-17(14-29)13-26(33)19(27)11-15(3)23(26)32/h11-12,16,18-19,22,24,29,33-34H,7-10,13-14H2,1-6H3/t16?,18?,19?,22?,24?,26-,27-,28-/m1/s1. The molecular weight excluding hydrogens is 464 g/mol. The molecule has 0 heterocycles. The molecule has 0 aliphatic heterocycles. The number of ether oxygens (including phenoxy) is 2. The molecule has 8 atom stereocenters. The Labute approximate surface area is 212 Å². The third-order valence-electron chi connectivity index (χ3n) is 9.41. The second-order valence-electron chi connectivity index (χ2n) is 11.8. The molecule has 36 heavy (non-hydrogen) atoms. The van der Waals surface area contributed by atoms with Crippen molar-refractivity contribution in [2.45, 2.75) is 96.6 Å². The molecule has 2 saturated carbocycles.